The highest BCUT2D eigenvalue weighted by Gasteiger charge is 2.31. The summed E-state index contributed by atoms with van der Waals surface area (Å²) in [5.74, 6) is 0.739. The quantitative estimate of drug-likeness (QED) is 0.886. The van der Waals surface area contributed by atoms with Crippen molar-refractivity contribution in [2.75, 3.05) is 19.6 Å². The van der Waals surface area contributed by atoms with Crippen molar-refractivity contribution in [3.8, 4) is 0 Å². The van der Waals surface area contributed by atoms with Crippen LogP contribution in [0, 0.1) is 5.92 Å². The zero-order valence-electron chi connectivity index (χ0n) is 10.5. The van der Waals surface area contributed by atoms with Gasteiger partial charge in [0, 0.05) is 24.5 Å². The molecular weight excluding hydrogens is 246 g/mol. The molecule has 2 saturated heterocycles. The maximum absolute atomic E-state index is 12.3. The van der Waals surface area contributed by atoms with Crippen LogP contribution < -0.4 is 5.32 Å². The maximum Gasteiger partial charge on any atom is 0.273 e. The van der Waals surface area contributed by atoms with E-state index in [4.69, 9.17) is 0 Å². The Morgan fingerprint density at radius 3 is 3.11 bits per heavy atom. The van der Waals surface area contributed by atoms with Crippen LogP contribution in [0.5, 0.6) is 0 Å². The molecule has 0 aliphatic carbocycles. The summed E-state index contributed by atoms with van der Waals surface area (Å²) < 4.78 is 0. The van der Waals surface area contributed by atoms with Crippen LogP contribution in [-0.4, -0.2) is 41.5 Å². The molecule has 18 heavy (non-hydrogen) atoms. The van der Waals surface area contributed by atoms with Gasteiger partial charge in [0.1, 0.15) is 5.69 Å². The summed E-state index contributed by atoms with van der Waals surface area (Å²) in [5.41, 5.74) is 2.34. The van der Waals surface area contributed by atoms with Gasteiger partial charge in [0.25, 0.3) is 5.91 Å². The summed E-state index contributed by atoms with van der Waals surface area (Å²) in [4.78, 5) is 18.4. The number of nitrogens with zero attached hydrogens (tertiary/aromatic N) is 2. The van der Waals surface area contributed by atoms with Gasteiger partial charge in [-0.05, 0) is 38.1 Å². The second-order valence-corrected chi connectivity index (χ2v) is 5.95. The third kappa shape index (κ3) is 2.42. The van der Waals surface area contributed by atoms with Crippen LogP contribution in [0.25, 0.3) is 0 Å². The van der Waals surface area contributed by atoms with Crippen molar-refractivity contribution in [2.45, 2.75) is 31.7 Å². The fraction of sp³-hybridized carbons (Fsp3) is 0.692. The van der Waals surface area contributed by atoms with Gasteiger partial charge < -0.3 is 10.2 Å². The predicted octanol–water partition coefficient (Wildman–Crippen LogP) is 1.75. The minimum Gasteiger partial charge on any atom is -0.337 e. The molecule has 0 radical (unpaired) electrons. The first kappa shape index (κ1) is 12.1. The highest BCUT2D eigenvalue weighted by Crippen LogP contribution is 2.25. The standard InChI is InChI=1S/C13H19N3OS/c17-13(12-8-18-9-15-12)16-6-2-3-10(7-16)11-4-1-5-14-11/h8-11,14H,1-7H2. The van der Waals surface area contributed by atoms with E-state index in [0.717, 1.165) is 26.1 Å². The molecule has 0 bridgehead atoms. The Morgan fingerprint density at radius 1 is 1.44 bits per heavy atom. The summed E-state index contributed by atoms with van der Waals surface area (Å²) in [5, 5.41) is 5.42. The number of rotatable bonds is 2. The van der Waals surface area contributed by atoms with Crippen LogP contribution in [0.15, 0.2) is 10.9 Å². The van der Waals surface area contributed by atoms with E-state index in [1.807, 2.05) is 10.3 Å². The lowest BCUT2D eigenvalue weighted by Crippen LogP contribution is -2.45. The second kappa shape index (κ2) is 5.36. The van der Waals surface area contributed by atoms with Gasteiger partial charge in [0.2, 0.25) is 0 Å². The Labute approximate surface area is 111 Å². The largest absolute Gasteiger partial charge is 0.337 e. The monoisotopic (exact) mass is 265 g/mol. The summed E-state index contributed by atoms with van der Waals surface area (Å²) in [7, 11) is 0. The number of nitrogens with one attached hydrogen (secondary N) is 1. The lowest BCUT2D eigenvalue weighted by molar-refractivity contribution is 0.0646. The molecule has 0 aromatic carbocycles. The molecule has 2 atom stereocenters. The smallest absolute Gasteiger partial charge is 0.273 e. The Bertz CT molecular complexity index is 400. The molecule has 98 valence electrons. The van der Waals surface area contributed by atoms with Gasteiger partial charge in [-0.25, -0.2) is 4.98 Å². The van der Waals surface area contributed by atoms with Gasteiger partial charge in [0.15, 0.2) is 0 Å². The van der Waals surface area contributed by atoms with Crippen molar-refractivity contribution in [2.24, 2.45) is 5.92 Å². The lowest BCUT2D eigenvalue weighted by Gasteiger charge is -2.35. The third-order valence-corrected chi connectivity index (χ3v) is 4.65. The highest BCUT2D eigenvalue weighted by molar-refractivity contribution is 7.07. The molecule has 2 unspecified atom stereocenters. The molecule has 1 N–H and O–H groups in total. The molecule has 1 aromatic heterocycles. The van der Waals surface area contributed by atoms with Gasteiger partial charge in [-0.15, -0.1) is 11.3 Å². The number of hydrogen-bond acceptors (Lipinski definition) is 4. The number of carbonyl (C=O) groups is 1. The fourth-order valence-electron chi connectivity index (χ4n) is 3.12. The van der Waals surface area contributed by atoms with Gasteiger partial charge in [-0.2, -0.15) is 0 Å². The lowest BCUT2D eigenvalue weighted by atomic mass is 9.89. The summed E-state index contributed by atoms with van der Waals surface area (Å²) in [6.07, 6.45) is 4.92. The molecule has 0 saturated carbocycles. The van der Waals surface area contributed by atoms with Crippen molar-refractivity contribution in [1.29, 1.82) is 0 Å². The van der Waals surface area contributed by atoms with Gasteiger partial charge in [-0.3, -0.25) is 4.79 Å². The molecular formula is C13H19N3OS. The van der Waals surface area contributed by atoms with E-state index in [2.05, 4.69) is 10.3 Å². The Balaban J connectivity index is 1.64. The number of likely N-dealkylation sites (tertiary alicyclic amines) is 1. The SMILES string of the molecule is O=C(c1cscn1)N1CCCC(C2CCCN2)C1. The minimum atomic E-state index is 0.110. The molecule has 2 fully saturated rings. The van der Waals surface area contributed by atoms with Gasteiger partial charge >= 0.3 is 0 Å². The minimum absolute atomic E-state index is 0.110. The Hall–Kier alpha value is -0.940. The third-order valence-electron chi connectivity index (χ3n) is 4.06. The molecule has 1 amide bonds. The van der Waals surface area contributed by atoms with Crippen LogP contribution >= 0.6 is 11.3 Å². The van der Waals surface area contributed by atoms with E-state index in [1.165, 1.54) is 30.6 Å². The number of thiazole rings is 1. The molecule has 5 heteroatoms. The highest BCUT2D eigenvalue weighted by atomic mass is 32.1. The van der Waals surface area contributed by atoms with Crippen molar-refractivity contribution in [1.82, 2.24) is 15.2 Å². The average molecular weight is 265 g/mol. The normalized spacial score (nSPS) is 28.6. The molecule has 3 heterocycles. The zero-order valence-corrected chi connectivity index (χ0v) is 11.3. The number of hydrogen-bond donors (Lipinski definition) is 1. The van der Waals surface area contributed by atoms with Crippen molar-refractivity contribution < 1.29 is 4.79 Å². The van der Waals surface area contributed by atoms with E-state index in [-0.39, 0.29) is 5.91 Å². The molecule has 2 aliphatic heterocycles. The Morgan fingerprint density at radius 2 is 2.39 bits per heavy atom. The molecule has 1 aromatic rings. The van der Waals surface area contributed by atoms with E-state index in [0.29, 0.717) is 17.7 Å². The topological polar surface area (TPSA) is 45.2 Å². The van der Waals surface area contributed by atoms with E-state index in [1.54, 1.807) is 5.51 Å². The number of amides is 1. The van der Waals surface area contributed by atoms with Crippen molar-refractivity contribution in [3.63, 3.8) is 0 Å². The van der Waals surface area contributed by atoms with Crippen LogP contribution in [0.3, 0.4) is 0 Å². The predicted molar refractivity (Wildman–Crippen MR) is 71.8 cm³/mol. The Kier molecular flexibility index (Phi) is 3.61. The van der Waals surface area contributed by atoms with Crippen LogP contribution in [-0.2, 0) is 0 Å². The molecule has 2 aliphatic rings. The van der Waals surface area contributed by atoms with E-state index in [9.17, 15) is 4.79 Å². The first-order chi connectivity index (χ1) is 8.84. The average Bonchev–Trinajstić information content (AvgIpc) is 3.11. The second-order valence-electron chi connectivity index (χ2n) is 5.23. The summed E-state index contributed by atoms with van der Waals surface area (Å²) in [6.45, 7) is 2.93. The van der Waals surface area contributed by atoms with Crippen molar-refractivity contribution >= 4 is 17.2 Å². The van der Waals surface area contributed by atoms with Gasteiger partial charge in [-0.1, -0.05) is 0 Å². The number of piperidine rings is 1. The van der Waals surface area contributed by atoms with E-state index < -0.39 is 0 Å². The zero-order chi connectivity index (χ0) is 12.4. The number of carbonyl (C=O) groups excluding carboxylic acids is 1. The number of aromatic nitrogens is 1. The maximum atomic E-state index is 12.3. The summed E-state index contributed by atoms with van der Waals surface area (Å²) >= 11 is 1.49. The van der Waals surface area contributed by atoms with Crippen LogP contribution in [0.4, 0.5) is 0 Å². The molecule has 4 nitrogen and oxygen atoms in total. The molecule has 0 spiro atoms. The van der Waals surface area contributed by atoms with Gasteiger partial charge in [0.05, 0.1) is 5.51 Å². The molecule has 3 rings (SSSR count). The van der Waals surface area contributed by atoms with E-state index >= 15 is 0 Å². The first-order valence-corrected chi connectivity index (χ1v) is 7.70. The fourth-order valence-corrected chi connectivity index (χ4v) is 3.64. The van der Waals surface area contributed by atoms with Crippen LogP contribution in [0.1, 0.15) is 36.2 Å². The first-order valence-electron chi connectivity index (χ1n) is 6.75. The van der Waals surface area contributed by atoms with Crippen LogP contribution in [0.2, 0.25) is 0 Å². The van der Waals surface area contributed by atoms with Crippen molar-refractivity contribution in [3.05, 3.63) is 16.6 Å². The summed E-state index contributed by atoms with van der Waals surface area (Å²) in [6, 6.07) is 0.621.